The first kappa shape index (κ1) is 16.4. The molecule has 1 aliphatic rings. The average Bonchev–Trinajstić information content (AvgIpc) is 2.39. The molecule has 0 unspecified atom stereocenters. The lowest BCUT2D eigenvalue weighted by Crippen LogP contribution is -2.34. The van der Waals surface area contributed by atoms with Gasteiger partial charge in [-0.05, 0) is 38.6 Å². The molecule has 0 saturated heterocycles. The molecule has 0 radical (unpaired) electrons. The predicted octanol–water partition coefficient (Wildman–Crippen LogP) is 4.96. The number of hydrogen-bond donors (Lipinski definition) is 2. The highest BCUT2D eigenvalue weighted by atomic mass is 32.1. The van der Waals surface area contributed by atoms with Crippen molar-refractivity contribution in [2.45, 2.75) is 95.3 Å². The van der Waals surface area contributed by atoms with E-state index in [9.17, 15) is 0 Å². The standard InChI is InChI=1S/C16H33NS/c1-2-3-4-5-6-7-8-9-14-17-15-10-12-16(18)13-11-15/h15-18H,2-14H2,1H3. The van der Waals surface area contributed by atoms with Gasteiger partial charge in [0.05, 0.1) is 0 Å². The van der Waals surface area contributed by atoms with Crippen LogP contribution >= 0.6 is 12.6 Å². The van der Waals surface area contributed by atoms with Crippen LogP contribution in [0.2, 0.25) is 0 Å². The Morgan fingerprint density at radius 2 is 1.39 bits per heavy atom. The molecule has 1 aliphatic carbocycles. The van der Waals surface area contributed by atoms with Crippen LogP contribution in [-0.4, -0.2) is 17.8 Å². The fraction of sp³-hybridized carbons (Fsp3) is 1.00. The summed E-state index contributed by atoms with van der Waals surface area (Å²) in [5.41, 5.74) is 0. The number of nitrogens with one attached hydrogen (secondary N) is 1. The molecule has 1 nitrogen and oxygen atoms in total. The van der Waals surface area contributed by atoms with Gasteiger partial charge in [0.2, 0.25) is 0 Å². The maximum absolute atomic E-state index is 4.55. The molecule has 0 aromatic carbocycles. The average molecular weight is 272 g/mol. The number of unbranched alkanes of at least 4 members (excludes halogenated alkanes) is 7. The molecule has 0 heterocycles. The van der Waals surface area contributed by atoms with Crippen LogP contribution in [0.15, 0.2) is 0 Å². The largest absolute Gasteiger partial charge is 0.314 e. The SMILES string of the molecule is CCCCCCCCCCNC1CCC(S)CC1. The normalized spacial score (nSPS) is 24.3. The predicted molar refractivity (Wildman–Crippen MR) is 85.6 cm³/mol. The van der Waals surface area contributed by atoms with Gasteiger partial charge in [-0.3, -0.25) is 0 Å². The Balaban J connectivity index is 1.78. The molecule has 0 aromatic heterocycles. The summed E-state index contributed by atoms with van der Waals surface area (Å²) in [5.74, 6) is 0. The number of rotatable bonds is 10. The van der Waals surface area contributed by atoms with Crippen molar-refractivity contribution in [2.75, 3.05) is 6.54 Å². The molecule has 18 heavy (non-hydrogen) atoms. The van der Waals surface area contributed by atoms with E-state index < -0.39 is 0 Å². The molecule has 1 fully saturated rings. The second kappa shape index (κ2) is 11.2. The van der Waals surface area contributed by atoms with E-state index in [1.165, 1.54) is 83.6 Å². The van der Waals surface area contributed by atoms with Crippen molar-refractivity contribution < 1.29 is 0 Å². The Hall–Kier alpha value is 0.310. The number of hydrogen-bond acceptors (Lipinski definition) is 2. The lowest BCUT2D eigenvalue weighted by atomic mass is 9.95. The van der Waals surface area contributed by atoms with Gasteiger partial charge in [0, 0.05) is 11.3 Å². The van der Waals surface area contributed by atoms with Crippen molar-refractivity contribution >= 4 is 12.6 Å². The maximum Gasteiger partial charge on any atom is 0.00678 e. The zero-order valence-electron chi connectivity index (χ0n) is 12.3. The van der Waals surface area contributed by atoms with Crippen LogP contribution in [0.3, 0.4) is 0 Å². The zero-order chi connectivity index (χ0) is 13.1. The summed E-state index contributed by atoms with van der Waals surface area (Å²) in [6, 6.07) is 0.790. The Morgan fingerprint density at radius 1 is 0.833 bits per heavy atom. The zero-order valence-corrected chi connectivity index (χ0v) is 13.2. The van der Waals surface area contributed by atoms with Gasteiger partial charge >= 0.3 is 0 Å². The van der Waals surface area contributed by atoms with Gasteiger partial charge in [0.15, 0.2) is 0 Å². The summed E-state index contributed by atoms with van der Waals surface area (Å²) in [6.45, 7) is 3.52. The third-order valence-electron chi connectivity index (χ3n) is 4.16. The van der Waals surface area contributed by atoms with Crippen molar-refractivity contribution in [3.05, 3.63) is 0 Å². The molecule has 108 valence electrons. The minimum Gasteiger partial charge on any atom is -0.314 e. The van der Waals surface area contributed by atoms with E-state index in [0.717, 1.165) is 6.04 Å². The van der Waals surface area contributed by atoms with Crippen molar-refractivity contribution in [1.29, 1.82) is 0 Å². The summed E-state index contributed by atoms with van der Waals surface area (Å²) in [4.78, 5) is 0. The van der Waals surface area contributed by atoms with Crippen molar-refractivity contribution in [3.63, 3.8) is 0 Å². The van der Waals surface area contributed by atoms with Crippen LogP contribution in [-0.2, 0) is 0 Å². The molecule has 1 N–H and O–H groups in total. The Kier molecular flexibility index (Phi) is 10.1. The summed E-state index contributed by atoms with van der Waals surface area (Å²) < 4.78 is 0. The van der Waals surface area contributed by atoms with Gasteiger partial charge in [-0.25, -0.2) is 0 Å². The molecular formula is C16H33NS. The van der Waals surface area contributed by atoms with Gasteiger partial charge < -0.3 is 5.32 Å². The minimum absolute atomic E-state index is 0.672. The van der Waals surface area contributed by atoms with Crippen LogP contribution in [0, 0.1) is 0 Å². The quantitative estimate of drug-likeness (QED) is 0.423. The van der Waals surface area contributed by atoms with E-state index in [1.54, 1.807) is 0 Å². The summed E-state index contributed by atoms with van der Waals surface area (Å²) in [5, 5.41) is 4.39. The van der Waals surface area contributed by atoms with Gasteiger partial charge in [-0.2, -0.15) is 12.6 Å². The van der Waals surface area contributed by atoms with E-state index in [-0.39, 0.29) is 0 Å². The fourth-order valence-corrected chi connectivity index (χ4v) is 3.14. The van der Waals surface area contributed by atoms with Crippen LogP contribution in [0.5, 0.6) is 0 Å². The first-order chi connectivity index (χ1) is 8.83. The third kappa shape index (κ3) is 8.42. The molecule has 0 bridgehead atoms. The van der Waals surface area contributed by atoms with Crippen LogP contribution < -0.4 is 5.32 Å². The van der Waals surface area contributed by atoms with Crippen molar-refractivity contribution in [3.8, 4) is 0 Å². The van der Waals surface area contributed by atoms with E-state index >= 15 is 0 Å². The molecule has 1 saturated carbocycles. The summed E-state index contributed by atoms with van der Waals surface area (Å²) in [7, 11) is 0. The summed E-state index contributed by atoms with van der Waals surface area (Å²) in [6.07, 6.45) is 16.6. The van der Waals surface area contributed by atoms with E-state index in [2.05, 4.69) is 24.9 Å². The number of thiol groups is 1. The van der Waals surface area contributed by atoms with Gasteiger partial charge in [-0.15, -0.1) is 0 Å². The monoisotopic (exact) mass is 271 g/mol. The molecule has 0 aliphatic heterocycles. The van der Waals surface area contributed by atoms with Crippen LogP contribution in [0.1, 0.15) is 84.0 Å². The summed E-state index contributed by atoms with van der Waals surface area (Å²) >= 11 is 4.55. The molecule has 1 rings (SSSR count). The highest BCUT2D eigenvalue weighted by molar-refractivity contribution is 7.80. The van der Waals surface area contributed by atoms with Crippen LogP contribution in [0.25, 0.3) is 0 Å². The molecule has 0 aromatic rings. The molecule has 2 heteroatoms. The second-order valence-corrected chi connectivity index (χ2v) is 6.66. The van der Waals surface area contributed by atoms with Crippen molar-refractivity contribution in [2.24, 2.45) is 0 Å². The lowest BCUT2D eigenvalue weighted by Gasteiger charge is -2.26. The maximum atomic E-state index is 4.55. The Labute approximate surface area is 120 Å². The smallest absolute Gasteiger partial charge is 0.00678 e. The first-order valence-corrected chi connectivity index (χ1v) is 8.76. The fourth-order valence-electron chi connectivity index (χ4n) is 2.85. The molecular weight excluding hydrogens is 238 g/mol. The molecule has 0 atom stereocenters. The Bertz CT molecular complexity index is 176. The van der Waals surface area contributed by atoms with E-state index in [0.29, 0.717) is 5.25 Å². The molecule has 0 amide bonds. The highest BCUT2D eigenvalue weighted by Crippen LogP contribution is 2.22. The third-order valence-corrected chi connectivity index (χ3v) is 4.68. The molecule has 0 spiro atoms. The topological polar surface area (TPSA) is 12.0 Å². The lowest BCUT2D eigenvalue weighted by molar-refractivity contribution is 0.376. The minimum atomic E-state index is 0.672. The van der Waals surface area contributed by atoms with Gasteiger partial charge in [0.1, 0.15) is 0 Å². The van der Waals surface area contributed by atoms with Crippen molar-refractivity contribution in [1.82, 2.24) is 5.32 Å². The first-order valence-electron chi connectivity index (χ1n) is 8.24. The van der Waals surface area contributed by atoms with Gasteiger partial charge in [0.25, 0.3) is 0 Å². The van der Waals surface area contributed by atoms with E-state index in [1.807, 2.05) is 0 Å². The van der Waals surface area contributed by atoms with Gasteiger partial charge in [-0.1, -0.05) is 51.9 Å². The Morgan fingerprint density at radius 3 is 2.00 bits per heavy atom. The second-order valence-electron chi connectivity index (χ2n) is 5.93. The van der Waals surface area contributed by atoms with Crippen LogP contribution in [0.4, 0.5) is 0 Å². The highest BCUT2D eigenvalue weighted by Gasteiger charge is 2.17. The van der Waals surface area contributed by atoms with E-state index in [4.69, 9.17) is 0 Å².